The Bertz CT molecular complexity index is 348. The molecule has 1 fully saturated rings. The molecule has 0 aliphatic carbocycles. The lowest BCUT2D eigenvalue weighted by Crippen LogP contribution is -2.25. The third kappa shape index (κ3) is 3.54. The molecule has 2 rings (SSSR count). The van der Waals surface area contributed by atoms with Gasteiger partial charge in [-0.25, -0.2) is 0 Å². The van der Waals surface area contributed by atoms with Gasteiger partial charge in [-0.15, -0.1) is 0 Å². The van der Waals surface area contributed by atoms with Crippen LogP contribution in [0.15, 0.2) is 10.6 Å². The molecule has 0 aromatic carbocycles. The van der Waals surface area contributed by atoms with Gasteiger partial charge in [-0.2, -0.15) is 0 Å². The molecule has 1 aliphatic rings. The molecule has 0 radical (unpaired) electrons. The summed E-state index contributed by atoms with van der Waals surface area (Å²) < 4.78 is 5.38. The Kier molecular flexibility index (Phi) is 4.18. The molecule has 1 N–H and O–H groups in total. The summed E-state index contributed by atoms with van der Waals surface area (Å²) >= 11 is 0. The molecule has 0 amide bonds. The van der Waals surface area contributed by atoms with Crippen LogP contribution in [0.5, 0.6) is 0 Å². The number of hydrogen-bond donors (Lipinski definition) is 1. The fraction of sp³-hybridized carbons (Fsp3) is 0.769. The van der Waals surface area contributed by atoms with E-state index in [4.69, 9.17) is 4.52 Å². The molecule has 96 valence electrons. The lowest BCUT2D eigenvalue weighted by molar-refractivity contribution is 0.225. The van der Waals surface area contributed by atoms with Crippen molar-refractivity contribution in [2.75, 3.05) is 6.54 Å². The van der Waals surface area contributed by atoms with Gasteiger partial charge in [-0.1, -0.05) is 19.0 Å². The summed E-state index contributed by atoms with van der Waals surface area (Å²) in [6.45, 7) is 9.42. The van der Waals surface area contributed by atoms with Crippen LogP contribution in [0.2, 0.25) is 0 Å². The predicted octanol–water partition coefficient (Wildman–Crippen LogP) is 2.16. The maximum Gasteiger partial charge on any atom is 0.151 e. The van der Waals surface area contributed by atoms with E-state index in [1.165, 1.54) is 19.4 Å². The van der Waals surface area contributed by atoms with Crippen LogP contribution >= 0.6 is 0 Å². The average Bonchev–Trinajstić information content (AvgIpc) is 2.87. The average molecular weight is 237 g/mol. The lowest BCUT2D eigenvalue weighted by atomic mass is 10.2. The second-order valence-electron chi connectivity index (χ2n) is 5.28. The largest absolute Gasteiger partial charge is 0.360 e. The fourth-order valence-corrected chi connectivity index (χ4v) is 2.25. The smallest absolute Gasteiger partial charge is 0.151 e. The summed E-state index contributed by atoms with van der Waals surface area (Å²) in [5.74, 6) is 0.985. The monoisotopic (exact) mass is 237 g/mol. The number of likely N-dealkylation sites (tertiary alicyclic amines) is 1. The Hall–Kier alpha value is -0.870. The van der Waals surface area contributed by atoms with Gasteiger partial charge in [0.05, 0.1) is 12.2 Å². The molecule has 0 bridgehead atoms. The highest BCUT2D eigenvalue weighted by Gasteiger charge is 2.21. The summed E-state index contributed by atoms with van der Waals surface area (Å²) in [6, 6.07) is 3.23. The van der Waals surface area contributed by atoms with E-state index in [0.717, 1.165) is 24.5 Å². The summed E-state index contributed by atoms with van der Waals surface area (Å²) in [5, 5.41) is 7.43. The zero-order valence-electron chi connectivity index (χ0n) is 11.1. The van der Waals surface area contributed by atoms with Crippen LogP contribution in [0, 0.1) is 0 Å². The first-order chi connectivity index (χ1) is 8.15. The van der Waals surface area contributed by atoms with Crippen LogP contribution < -0.4 is 5.32 Å². The molecule has 17 heavy (non-hydrogen) atoms. The van der Waals surface area contributed by atoms with Gasteiger partial charge in [0, 0.05) is 24.7 Å². The van der Waals surface area contributed by atoms with Crippen molar-refractivity contribution in [1.29, 1.82) is 0 Å². The molecule has 1 aromatic heterocycles. The Morgan fingerprint density at radius 2 is 2.41 bits per heavy atom. The minimum atomic E-state index is 0.480. The molecule has 1 aromatic rings. The standard InChI is InChI=1S/C13H23N3O/c1-10(2)14-8-12-7-13(17-15-12)9-16-6-4-5-11(16)3/h7,10-11,14H,4-6,8-9H2,1-3H3. The van der Waals surface area contributed by atoms with Gasteiger partial charge in [0.25, 0.3) is 0 Å². The van der Waals surface area contributed by atoms with Crippen LogP contribution in [-0.2, 0) is 13.1 Å². The molecule has 4 nitrogen and oxygen atoms in total. The van der Waals surface area contributed by atoms with E-state index in [0.29, 0.717) is 12.1 Å². The van der Waals surface area contributed by atoms with Crippen LogP contribution in [-0.4, -0.2) is 28.7 Å². The highest BCUT2D eigenvalue weighted by Crippen LogP contribution is 2.19. The molecule has 0 spiro atoms. The number of hydrogen-bond acceptors (Lipinski definition) is 4. The third-order valence-electron chi connectivity index (χ3n) is 3.35. The van der Waals surface area contributed by atoms with Crippen LogP contribution in [0.4, 0.5) is 0 Å². The van der Waals surface area contributed by atoms with Gasteiger partial charge in [0.1, 0.15) is 0 Å². The van der Waals surface area contributed by atoms with Crippen molar-refractivity contribution >= 4 is 0 Å². The SMILES string of the molecule is CC(C)NCc1cc(CN2CCCC2C)on1. The van der Waals surface area contributed by atoms with E-state index in [2.05, 4.69) is 42.2 Å². The summed E-state index contributed by atoms with van der Waals surface area (Å²) in [7, 11) is 0. The second-order valence-corrected chi connectivity index (χ2v) is 5.28. The first-order valence-corrected chi connectivity index (χ1v) is 6.57. The molecule has 4 heteroatoms. The molecule has 1 saturated heterocycles. The van der Waals surface area contributed by atoms with E-state index >= 15 is 0 Å². The van der Waals surface area contributed by atoms with Crippen molar-refractivity contribution in [3.8, 4) is 0 Å². The Morgan fingerprint density at radius 1 is 1.59 bits per heavy atom. The van der Waals surface area contributed by atoms with Gasteiger partial charge in [0.2, 0.25) is 0 Å². The maximum absolute atomic E-state index is 5.38. The van der Waals surface area contributed by atoms with Crippen molar-refractivity contribution in [3.05, 3.63) is 17.5 Å². The number of nitrogens with one attached hydrogen (secondary N) is 1. The first kappa shape index (κ1) is 12.6. The first-order valence-electron chi connectivity index (χ1n) is 6.57. The van der Waals surface area contributed by atoms with Gasteiger partial charge in [-0.3, -0.25) is 4.90 Å². The zero-order valence-corrected chi connectivity index (χ0v) is 11.1. The topological polar surface area (TPSA) is 41.3 Å². The van der Waals surface area contributed by atoms with E-state index in [1.807, 2.05) is 0 Å². The van der Waals surface area contributed by atoms with Crippen molar-refractivity contribution in [2.45, 2.75) is 58.8 Å². The van der Waals surface area contributed by atoms with E-state index in [-0.39, 0.29) is 0 Å². The highest BCUT2D eigenvalue weighted by molar-refractivity contribution is 5.05. The van der Waals surface area contributed by atoms with Crippen molar-refractivity contribution in [1.82, 2.24) is 15.4 Å². The minimum absolute atomic E-state index is 0.480. The maximum atomic E-state index is 5.38. The fourth-order valence-electron chi connectivity index (χ4n) is 2.25. The second kappa shape index (κ2) is 5.65. The Balaban J connectivity index is 1.85. The molecule has 1 atom stereocenters. The highest BCUT2D eigenvalue weighted by atomic mass is 16.5. The van der Waals surface area contributed by atoms with E-state index < -0.39 is 0 Å². The summed E-state index contributed by atoms with van der Waals surface area (Å²) in [4.78, 5) is 2.46. The predicted molar refractivity (Wildman–Crippen MR) is 67.6 cm³/mol. The van der Waals surface area contributed by atoms with Crippen molar-refractivity contribution in [3.63, 3.8) is 0 Å². The quantitative estimate of drug-likeness (QED) is 0.852. The zero-order chi connectivity index (χ0) is 12.3. The number of aromatic nitrogens is 1. The lowest BCUT2D eigenvalue weighted by Gasteiger charge is -2.18. The van der Waals surface area contributed by atoms with Crippen LogP contribution in [0.25, 0.3) is 0 Å². The molecule has 0 saturated carbocycles. The molecule has 2 heterocycles. The number of nitrogens with zero attached hydrogens (tertiary/aromatic N) is 2. The van der Waals surface area contributed by atoms with Crippen molar-refractivity contribution < 1.29 is 4.52 Å². The third-order valence-corrected chi connectivity index (χ3v) is 3.35. The normalized spacial score (nSPS) is 21.5. The number of rotatable bonds is 5. The summed E-state index contributed by atoms with van der Waals surface area (Å²) in [5.41, 5.74) is 1.00. The van der Waals surface area contributed by atoms with Gasteiger partial charge in [0.15, 0.2) is 5.76 Å². The van der Waals surface area contributed by atoms with E-state index in [9.17, 15) is 0 Å². The Labute approximate surface area is 103 Å². The van der Waals surface area contributed by atoms with E-state index in [1.54, 1.807) is 0 Å². The minimum Gasteiger partial charge on any atom is -0.360 e. The molecule has 1 aliphatic heterocycles. The van der Waals surface area contributed by atoms with Crippen LogP contribution in [0.1, 0.15) is 45.1 Å². The van der Waals surface area contributed by atoms with Gasteiger partial charge in [-0.05, 0) is 26.3 Å². The summed E-state index contributed by atoms with van der Waals surface area (Å²) in [6.07, 6.45) is 2.60. The molecule has 1 unspecified atom stereocenters. The van der Waals surface area contributed by atoms with Gasteiger partial charge >= 0.3 is 0 Å². The Morgan fingerprint density at radius 3 is 3.06 bits per heavy atom. The molecular weight excluding hydrogens is 214 g/mol. The van der Waals surface area contributed by atoms with Crippen molar-refractivity contribution in [2.24, 2.45) is 0 Å². The van der Waals surface area contributed by atoms with Gasteiger partial charge < -0.3 is 9.84 Å². The van der Waals surface area contributed by atoms with Crippen LogP contribution in [0.3, 0.4) is 0 Å². The molecular formula is C13H23N3O.